The van der Waals surface area contributed by atoms with Gasteiger partial charge >= 0.3 is 0 Å². The van der Waals surface area contributed by atoms with Crippen molar-refractivity contribution in [3.8, 4) is 5.75 Å². The summed E-state index contributed by atoms with van der Waals surface area (Å²) in [6, 6.07) is 11.9. The third-order valence-corrected chi connectivity index (χ3v) is 13.4. The van der Waals surface area contributed by atoms with Crippen LogP contribution in [-0.4, -0.2) is 53.6 Å². The van der Waals surface area contributed by atoms with Crippen molar-refractivity contribution in [2.24, 2.45) is 17.8 Å². The monoisotopic (exact) mass is 624 g/mol. The zero-order valence-electron chi connectivity index (χ0n) is 25.9. The van der Waals surface area contributed by atoms with E-state index in [0.29, 0.717) is 24.0 Å². The third-order valence-electron chi connectivity index (χ3n) is 11.0. The molecule has 2 aromatic rings. The van der Waals surface area contributed by atoms with Crippen LogP contribution in [0.3, 0.4) is 0 Å². The molecule has 2 aliphatic heterocycles. The number of carbonyl (C=O) groups excluding carboxylic acids is 1. The summed E-state index contributed by atoms with van der Waals surface area (Å²) < 4.78 is 29.4. The molecule has 2 aliphatic carbocycles. The zero-order chi connectivity index (χ0) is 30.6. The Bertz CT molecular complexity index is 1540. The second-order valence-corrected chi connectivity index (χ2v) is 16.4. The van der Waals surface area contributed by atoms with Crippen molar-refractivity contribution in [1.29, 1.82) is 0 Å². The second-order valence-electron chi connectivity index (χ2n) is 13.6. The number of halogens is 1. The molecule has 0 aromatic heterocycles. The summed E-state index contributed by atoms with van der Waals surface area (Å²) in [5.41, 5.74) is 3.40. The molecule has 6 rings (SSSR count). The summed E-state index contributed by atoms with van der Waals surface area (Å²) in [4.78, 5) is 16.0. The van der Waals surface area contributed by atoms with Gasteiger partial charge in [0, 0.05) is 41.5 Å². The molecule has 8 heteroatoms. The van der Waals surface area contributed by atoms with E-state index < -0.39 is 15.3 Å². The predicted octanol–water partition coefficient (Wildman–Crippen LogP) is 6.59. The smallest absolute Gasteiger partial charge is 0.262 e. The van der Waals surface area contributed by atoms with E-state index in [4.69, 9.17) is 21.1 Å². The first-order valence-corrected chi connectivity index (χ1v) is 17.8. The van der Waals surface area contributed by atoms with Crippen LogP contribution in [0.2, 0.25) is 5.02 Å². The minimum absolute atomic E-state index is 0.0631. The highest BCUT2D eigenvalue weighted by molar-refractivity contribution is 7.99. The fraction of sp³-hybridized carbons (Fsp3) is 0.543. The molecule has 2 bridgehead atoms. The standard InChI is InChI=1S/C35H45ClN2O4S/c1-23-8-6-16-34(3,41-4)29-13-10-27(29)20-38-21-35(17-7-9-25-18-28(36)12-14-30(25)35)22-42-32-15-11-26(19-31(32)38)33(39)37-43(5,40)24(23)2/h6,11-12,14-16,18-19,23-24,27,29H,5,7-10,13,17,20-22H2,1-4H3,(H,37,39,40)/b16-6+/t23-,24+,27-,29+,34-,35-,43?/m0/s1. The van der Waals surface area contributed by atoms with Crippen LogP contribution in [-0.2, 0) is 26.3 Å². The summed E-state index contributed by atoms with van der Waals surface area (Å²) in [5.74, 6) is 5.25. The van der Waals surface area contributed by atoms with Crippen LogP contribution < -0.4 is 14.4 Å². The molecule has 232 valence electrons. The summed E-state index contributed by atoms with van der Waals surface area (Å²) in [6.45, 7) is 8.35. The Balaban J connectivity index is 1.45. The molecular formula is C35H45ClN2O4S. The summed E-state index contributed by atoms with van der Waals surface area (Å²) in [5, 5.41) is 0.462. The van der Waals surface area contributed by atoms with Gasteiger partial charge in [0.15, 0.2) is 0 Å². The van der Waals surface area contributed by atoms with Gasteiger partial charge in [-0.1, -0.05) is 36.7 Å². The van der Waals surface area contributed by atoms with Crippen molar-refractivity contribution in [3.05, 3.63) is 70.3 Å². The molecule has 1 unspecified atom stereocenters. The maximum absolute atomic E-state index is 13.7. The van der Waals surface area contributed by atoms with E-state index in [1.807, 2.05) is 32.2 Å². The number of carbonyl (C=O) groups is 1. The molecule has 7 atom stereocenters. The Labute approximate surface area is 262 Å². The van der Waals surface area contributed by atoms with Crippen LogP contribution >= 0.6 is 11.6 Å². The summed E-state index contributed by atoms with van der Waals surface area (Å²) in [6.07, 6.45) is 10.4. The van der Waals surface area contributed by atoms with Gasteiger partial charge in [-0.05, 0) is 117 Å². The largest absolute Gasteiger partial charge is 0.490 e. The minimum atomic E-state index is -2.90. The normalized spacial score (nSPS) is 36.8. The number of allylic oxidation sites excluding steroid dienone is 1. The van der Waals surface area contributed by atoms with Crippen molar-refractivity contribution in [3.63, 3.8) is 0 Å². The fourth-order valence-corrected chi connectivity index (χ4v) is 9.49. The Morgan fingerprint density at radius 3 is 2.74 bits per heavy atom. The lowest BCUT2D eigenvalue weighted by Gasteiger charge is -2.49. The lowest BCUT2D eigenvalue weighted by atomic mass is 9.64. The Kier molecular flexibility index (Phi) is 8.14. The molecule has 0 saturated heterocycles. The lowest BCUT2D eigenvalue weighted by molar-refractivity contribution is -0.0622. The van der Waals surface area contributed by atoms with Crippen LogP contribution in [0, 0.1) is 17.8 Å². The van der Waals surface area contributed by atoms with Crippen LogP contribution in [0.25, 0.3) is 0 Å². The van der Waals surface area contributed by atoms with Crippen molar-refractivity contribution in [2.75, 3.05) is 31.7 Å². The number of fused-ring (bicyclic) bond motifs is 4. The van der Waals surface area contributed by atoms with Crippen molar-refractivity contribution in [1.82, 2.24) is 4.72 Å². The Morgan fingerprint density at radius 1 is 1.19 bits per heavy atom. The molecule has 1 amide bonds. The van der Waals surface area contributed by atoms with E-state index in [-0.39, 0.29) is 22.5 Å². The van der Waals surface area contributed by atoms with Gasteiger partial charge in [0.25, 0.3) is 5.91 Å². The highest BCUT2D eigenvalue weighted by Gasteiger charge is 2.47. The van der Waals surface area contributed by atoms with Crippen molar-refractivity contribution in [2.45, 2.75) is 75.6 Å². The van der Waals surface area contributed by atoms with Crippen LogP contribution in [0.15, 0.2) is 48.6 Å². The van der Waals surface area contributed by atoms with Gasteiger partial charge in [-0.3, -0.25) is 9.52 Å². The number of anilines is 1. The fourth-order valence-electron chi connectivity index (χ4n) is 7.82. The number of amides is 1. The topological polar surface area (TPSA) is 67.9 Å². The second kappa shape index (κ2) is 11.5. The maximum Gasteiger partial charge on any atom is 0.262 e. The molecular weight excluding hydrogens is 580 g/mol. The molecule has 1 N–H and O–H groups in total. The van der Waals surface area contributed by atoms with Crippen LogP contribution in [0.4, 0.5) is 5.69 Å². The summed E-state index contributed by atoms with van der Waals surface area (Å²) in [7, 11) is -1.09. The first-order valence-electron chi connectivity index (χ1n) is 15.7. The summed E-state index contributed by atoms with van der Waals surface area (Å²) >= 11 is 6.43. The van der Waals surface area contributed by atoms with Gasteiger partial charge in [-0.2, -0.15) is 0 Å². The molecule has 2 aromatic carbocycles. The lowest BCUT2D eigenvalue weighted by Crippen LogP contribution is -2.52. The van der Waals surface area contributed by atoms with E-state index in [1.165, 1.54) is 11.1 Å². The molecule has 2 heterocycles. The third kappa shape index (κ3) is 5.62. The first kappa shape index (κ1) is 30.5. The number of ether oxygens (including phenoxy) is 2. The van der Waals surface area contributed by atoms with Gasteiger partial charge in [-0.25, -0.2) is 4.21 Å². The van der Waals surface area contributed by atoms with Crippen LogP contribution in [0.5, 0.6) is 5.75 Å². The van der Waals surface area contributed by atoms with E-state index in [1.54, 1.807) is 6.07 Å². The van der Waals surface area contributed by atoms with E-state index >= 15 is 0 Å². The van der Waals surface area contributed by atoms with Gasteiger partial charge in [0.05, 0.1) is 27.6 Å². The van der Waals surface area contributed by atoms with Gasteiger partial charge in [-0.15, -0.1) is 0 Å². The first-order chi connectivity index (χ1) is 20.4. The molecule has 43 heavy (non-hydrogen) atoms. The molecule has 1 saturated carbocycles. The van der Waals surface area contributed by atoms with Gasteiger partial charge in [0.1, 0.15) is 5.75 Å². The maximum atomic E-state index is 13.7. The van der Waals surface area contributed by atoms with Gasteiger partial charge in [0.2, 0.25) is 0 Å². The highest BCUT2D eigenvalue weighted by Crippen LogP contribution is 2.49. The highest BCUT2D eigenvalue weighted by atomic mass is 35.5. The SMILES string of the molecule is C=S1(=O)NC(=O)c2ccc3c(c2)N(C[C@@H]2CC[C@H]2[C@@](C)(OC)/C=C/C[C@H](C)[C@H]1C)C[C@@]1(CCCc2cc(Cl)ccc21)CO3. The van der Waals surface area contributed by atoms with E-state index in [2.05, 4.69) is 53.6 Å². The van der Waals surface area contributed by atoms with Crippen molar-refractivity contribution >= 4 is 38.8 Å². The Morgan fingerprint density at radius 2 is 2.00 bits per heavy atom. The number of hydrogen-bond acceptors (Lipinski definition) is 5. The van der Waals surface area contributed by atoms with E-state index in [0.717, 1.165) is 68.1 Å². The average molecular weight is 625 g/mol. The molecule has 1 spiro atoms. The minimum Gasteiger partial charge on any atom is -0.490 e. The quantitative estimate of drug-likeness (QED) is 0.286. The Hall–Kier alpha value is -2.48. The number of nitrogens with one attached hydrogen (secondary N) is 1. The zero-order valence-corrected chi connectivity index (χ0v) is 27.4. The van der Waals surface area contributed by atoms with Crippen LogP contribution in [0.1, 0.15) is 74.4 Å². The van der Waals surface area contributed by atoms with Crippen molar-refractivity contribution < 1.29 is 18.5 Å². The number of benzene rings is 2. The predicted molar refractivity (Wildman–Crippen MR) is 177 cm³/mol. The number of methoxy groups -OCH3 is 1. The molecule has 0 radical (unpaired) electrons. The van der Waals surface area contributed by atoms with Gasteiger partial charge < -0.3 is 14.4 Å². The number of rotatable bonds is 1. The molecule has 4 aliphatic rings. The number of nitrogens with zero attached hydrogens (tertiary/aromatic N) is 1. The average Bonchev–Trinajstić information content (AvgIpc) is 3.11. The van der Waals surface area contributed by atoms with E-state index in [9.17, 15) is 9.00 Å². The number of aryl methyl sites for hydroxylation is 1. The molecule has 1 fully saturated rings. The molecule has 6 nitrogen and oxygen atoms in total. The number of hydrogen-bond donors (Lipinski definition) is 1.